The lowest BCUT2D eigenvalue weighted by Gasteiger charge is -2.17. The fraction of sp³-hybridized carbons (Fsp3) is 0.429. The van der Waals surface area contributed by atoms with E-state index in [1.54, 1.807) is 11.0 Å². The fourth-order valence-electron chi connectivity index (χ4n) is 2.93. The molecule has 28 heavy (non-hydrogen) atoms. The van der Waals surface area contributed by atoms with E-state index in [1.807, 2.05) is 52.0 Å². The number of para-hydroxylation sites is 1. The van der Waals surface area contributed by atoms with Gasteiger partial charge in [-0.25, -0.2) is 0 Å². The monoisotopic (exact) mass is 420 g/mol. The maximum absolute atomic E-state index is 13.0. The van der Waals surface area contributed by atoms with E-state index in [0.717, 1.165) is 12.0 Å². The number of carbonyl (C=O) groups excluding carboxylic acids is 2. The van der Waals surface area contributed by atoms with Crippen LogP contribution in [0.1, 0.15) is 42.4 Å². The van der Waals surface area contributed by atoms with Gasteiger partial charge in [-0.2, -0.15) is 0 Å². The van der Waals surface area contributed by atoms with E-state index < -0.39 is 5.41 Å². The van der Waals surface area contributed by atoms with Crippen molar-refractivity contribution in [3.8, 4) is 5.75 Å². The Morgan fingerprint density at radius 2 is 2.00 bits per heavy atom. The quantitative estimate of drug-likeness (QED) is 0.758. The smallest absolute Gasteiger partial charge is 0.264 e. The Balaban J connectivity index is 1.65. The predicted octanol–water partition coefficient (Wildman–Crippen LogP) is 4.99. The largest absolute Gasteiger partial charge is 0.487 e. The van der Waals surface area contributed by atoms with Crippen molar-refractivity contribution in [2.24, 2.45) is 5.41 Å². The number of ether oxygens (including phenoxy) is 1. The van der Waals surface area contributed by atoms with Crippen LogP contribution >= 0.6 is 22.9 Å². The van der Waals surface area contributed by atoms with Crippen LogP contribution in [0.5, 0.6) is 5.75 Å². The van der Waals surface area contributed by atoms with Crippen molar-refractivity contribution < 1.29 is 14.3 Å². The minimum atomic E-state index is -0.486. The Kier molecular flexibility index (Phi) is 6.01. The third kappa shape index (κ3) is 4.67. The Hall–Kier alpha value is -2.05. The van der Waals surface area contributed by atoms with E-state index in [4.69, 9.17) is 16.3 Å². The Morgan fingerprint density at radius 1 is 1.29 bits per heavy atom. The molecule has 1 N–H and O–H groups in total. The number of benzene rings is 1. The summed E-state index contributed by atoms with van der Waals surface area (Å²) in [6.45, 7) is 8.62. The highest BCUT2D eigenvalue weighted by molar-refractivity contribution is 7.18. The molecule has 1 fully saturated rings. The Labute approximate surface area is 174 Å². The van der Waals surface area contributed by atoms with Crippen molar-refractivity contribution >= 4 is 39.8 Å². The molecule has 0 spiro atoms. The topological polar surface area (TPSA) is 58.6 Å². The second-order valence-corrected chi connectivity index (χ2v) is 9.50. The lowest BCUT2D eigenvalue weighted by molar-refractivity contribution is -0.123. The van der Waals surface area contributed by atoms with Crippen LogP contribution in [-0.4, -0.2) is 35.9 Å². The summed E-state index contributed by atoms with van der Waals surface area (Å²) in [6.07, 6.45) is 0.679. The number of carbonyl (C=O) groups is 2. The first-order chi connectivity index (χ1) is 13.1. The van der Waals surface area contributed by atoms with Gasteiger partial charge in [-0.15, -0.1) is 11.3 Å². The van der Waals surface area contributed by atoms with Crippen LogP contribution in [0.25, 0.3) is 0 Å². The van der Waals surface area contributed by atoms with Gasteiger partial charge in [0.15, 0.2) is 0 Å². The highest BCUT2D eigenvalue weighted by Crippen LogP contribution is 2.31. The van der Waals surface area contributed by atoms with Crippen molar-refractivity contribution in [1.82, 2.24) is 4.90 Å². The van der Waals surface area contributed by atoms with Gasteiger partial charge in [0.2, 0.25) is 5.91 Å². The van der Waals surface area contributed by atoms with Crippen LogP contribution in [-0.2, 0) is 4.79 Å². The number of nitrogens with zero attached hydrogens (tertiary/aromatic N) is 1. The summed E-state index contributed by atoms with van der Waals surface area (Å²) in [5, 5.41) is 4.17. The number of nitrogens with one attached hydrogen (secondary N) is 1. The third-order valence-corrected chi connectivity index (χ3v) is 6.05. The van der Waals surface area contributed by atoms with Gasteiger partial charge < -0.3 is 15.0 Å². The zero-order valence-electron chi connectivity index (χ0n) is 16.5. The normalized spacial score (nSPS) is 16.9. The van der Waals surface area contributed by atoms with Crippen LogP contribution in [0.3, 0.4) is 0 Å². The van der Waals surface area contributed by atoms with E-state index in [9.17, 15) is 9.59 Å². The van der Waals surface area contributed by atoms with Crippen LogP contribution in [0.4, 0.5) is 5.00 Å². The highest BCUT2D eigenvalue weighted by Gasteiger charge is 2.31. The van der Waals surface area contributed by atoms with Gasteiger partial charge in [-0.05, 0) is 30.7 Å². The number of hydrogen-bond donors (Lipinski definition) is 1. The molecule has 0 radical (unpaired) electrons. The lowest BCUT2D eigenvalue weighted by Crippen LogP contribution is -2.30. The van der Waals surface area contributed by atoms with E-state index in [1.165, 1.54) is 11.3 Å². The molecule has 2 heterocycles. The molecule has 1 saturated heterocycles. The molecule has 0 unspecified atom stereocenters. The average molecular weight is 421 g/mol. The standard InChI is InChI=1S/C21H25ClN2O3S/c1-13-11-17(23-20(26)21(2,3)4)28-18(13)19(25)24-10-9-14(12-24)27-16-8-6-5-7-15(16)22/h5-8,11,14H,9-10,12H2,1-4H3,(H,23,26)/t14-/m1/s1. The van der Waals surface area contributed by atoms with E-state index in [-0.39, 0.29) is 17.9 Å². The number of amides is 2. The van der Waals surface area contributed by atoms with Crippen molar-refractivity contribution in [3.05, 3.63) is 45.8 Å². The molecule has 0 aliphatic carbocycles. The summed E-state index contributed by atoms with van der Waals surface area (Å²) >= 11 is 7.48. The van der Waals surface area contributed by atoms with Gasteiger partial charge in [-0.3, -0.25) is 9.59 Å². The molecule has 1 aromatic carbocycles. The number of halogens is 1. The molecule has 1 atom stereocenters. The van der Waals surface area contributed by atoms with Crippen LogP contribution < -0.4 is 10.1 Å². The first-order valence-electron chi connectivity index (χ1n) is 9.27. The van der Waals surface area contributed by atoms with Gasteiger partial charge in [0.1, 0.15) is 11.9 Å². The van der Waals surface area contributed by atoms with Gasteiger partial charge in [0.25, 0.3) is 5.91 Å². The fourth-order valence-corrected chi connectivity index (χ4v) is 4.14. The maximum atomic E-state index is 13.0. The molecule has 0 bridgehead atoms. The molecule has 1 aliphatic rings. The molecule has 2 amide bonds. The highest BCUT2D eigenvalue weighted by atomic mass is 35.5. The number of hydrogen-bond acceptors (Lipinski definition) is 4. The lowest BCUT2D eigenvalue weighted by atomic mass is 9.96. The summed E-state index contributed by atoms with van der Waals surface area (Å²) in [6, 6.07) is 9.21. The second kappa shape index (κ2) is 8.13. The van der Waals surface area contributed by atoms with Gasteiger partial charge in [0, 0.05) is 18.4 Å². The summed E-state index contributed by atoms with van der Waals surface area (Å²) in [5.41, 5.74) is 0.384. The molecule has 150 valence electrons. The van der Waals surface area contributed by atoms with Gasteiger partial charge >= 0.3 is 0 Å². The molecular formula is C21H25ClN2O3S. The summed E-state index contributed by atoms with van der Waals surface area (Å²) in [5.74, 6) is 0.550. The van der Waals surface area contributed by atoms with E-state index >= 15 is 0 Å². The van der Waals surface area contributed by atoms with Crippen LogP contribution in [0.2, 0.25) is 5.02 Å². The molecule has 3 rings (SSSR count). The van der Waals surface area contributed by atoms with Crippen molar-refractivity contribution in [1.29, 1.82) is 0 Å². The van der Waals surface area contributed by atoms with Gasteiger partial charge in [0.05, 0.1) is 21.4 Å². The van der Waals surface area contributed by atoms with Gasteiger partial charge in [-0.1, -0.05) is 44.5 Å². The summed E-state index contributed by atoms with van der Waals surface area (Å²) in [7, 11) is 0. The minimum Gasteiger partial charge on any atom is -0.487 e. The second-order valence-electron chi connectivity index (χ2n) is 8.04. The first-order valence-corrected chi connectivity index (χ1v) is 10.5. The first kappa shape index (κ1) is 20.7. The van der Waals surface area contributed by atoms with E-state index in [0.29, 0.717) is 33.7 Å². The minimum absolute atomic E-state index is 0.0241. The molecule has 0 saturated carbocycles. The molecule has 5 nitrogen and oxygen atoms in total. The third-order valence-electron chi connectivity index (χ3n) is 4.59. The Morgan fingerprint density at radius 3 is 2.68 bits per heavy atom. The number of rotatable bonds is 4. The van der Waals surface area contributed by atoms with E-state index in [2.05, 4.69) is 5.32 Å². The van der Waals surface area contributed by atoms with Crippen LogP contribution in [0.15, 0.2) is 30.3 Å². The SMILES string of the molecule is Cc1cc(NC(=O)C(C)(C)C)sc1C(=O)N1CC[C@@H](Oc2ccccc2Cl)C1. The average Bonchev–Trinajstić information content (AvgIpc) is 3.22. The number of aryl methyl sites for hydroxylation is 1. The van der Waals surface area contributed by atoms with Crippen molar-refractivity contribution in [3.63, 3.8) is 0 Å². The summed E-state index contributed by atoms with van der Waals surface area (Å²) in [4.78, 5) is 27.6. The van der Waals surface area contributed by atoms with Crippen molar-refractivity contribution in [2.75, 3.05) is 18.4 Å². The predicted molar refractivity (Wildman–Crippen MR) is 114 cm³/mol. The van der Waals surface area contributed by atoms with Crippen molar-refractivity contribution in [2.45, 2.75) is 40.2 Å². The number of anilines is 1. The molecule has 2 aromatic rings. The molecular weight excluding hydrogens is 396 g/mol. The molecule has 1 aromatic heterocycles. The van der Waals surface area contributed by atoms with Crippen LogP contribution in [0, 0.1) is 12.3 Å². The molecule has 1 aliphatic heterocycles. The number of likely N-dealkylation sites (tertiary alicyclic amines) is 1. The zero-order valence-corrected chi connectivity index (χ0v) is 18.1. The Bertz CT molecular complexity index is 888. The number of thiophene rings is 1. The maximum Gasteiger partial charge on any atom is 0.264 e. The zero-order chi connectivity index (χ0) is 20.5. The molecule has 7 heteroatoms. The summed E-state index contributed by atoms with van der Waals surface area (Å²) < 4.78 is 5.97.